The van der Waals surface area contributed by atoms with E-state index < -0.39 is 5.56 Å². The fourth-order valence-electron chi connectivity index (χ4n) is 4.86. The molecule has 182 valence electrons. The lowest BCUT2D eigenvalue weighted by atomic mass is 9.94. The molecule has 0 unspecified atom stereocenters. The first-order valence-corrected chi connectivity index (χ1v) is 12.4. The number of nitrogens with one attached hydrogen (secondary N) is 1. The molecule has 36 heavy (non-hydrogen) atoms. The van der Waals surface area contributed by atoms with Crippen LogP contribution in [0, 0.1) is 0 Å². The molecule has 1 fully saturated rings. The highest BCUT2D eigenvalue weighted by molar-refractivity contribution is 6.03. The van der Waals surface area contributed by atoms with Crippen molar-refractivity contribution in [3.63, 3.8) is 0 Å². The Balaban J connectivity index is 1.42. The van der Waals surface area contributed by atoms with Crippen molar-refractivity contribution in [2.24, 2.45) is 7.05 Å². The third kappa shape index (κ3) is 5.14. The fraction of sp³-hybridized carbons (Fsp3) is 0.233. The van der Waals surface area contributed by atoms with E-state index in [0.29, 0.717) is 11.3 Å². The van der Waals surface area contributed by atoms with E-state index >= 15 is 0 Å². The van der Waals surface area contributed by atoms with Gasteiger partial charge in [-0.15, -0.1) is 0 Å². The number of benzene rings is 3. The zero-order chi connectivity index (χ0) is 24.9. The van der Waals surface area contributed by atoms with Crippen molar-refractivity contribution in [2.75, 3.05) is 13.1 Å². The summed E-state index contributed by atoms with van der Waals surface area (Å²) < 4.78 is 1.27. The molecule has 0 atom stereocenters. The second kappa shape index (κ2) is 10.7. The largest absolute Gasteiger partial charge is 0.349 e. The minimum atomic E-state index is -0.396. The van der Waals surface area contributed by atoms with Gasteiger partial charge in [-0.2, -0.15) is 5.10 Å². The average molecular weight is 479 g/mol. The van der Waals surface area contributed by atoms with Crippen LogP contribution < -0.4 is 10.9 Å². The molecule has 0 saturated carbocycles. The summed E-state index contributed by atoms with van der Waals surface area (Å²) in [7, 11) is 1.60. The first-order valence-electron chi connectivity index (χ1n) is 12.4. The van der Waals surface area contributed by atoms with Gasteiger partial charge in [0.25, 0.3) is 11.5 Å². The molecular formula is C30H30N4O2. The van der Waals surface area contributed by atoms with Gasteiger partial charge in [0.15, 0.2) is 0 Å². The SMILES string of the molecule is Cn1nc(-c2ccccc2)c(-c2ccccc2)c(C(=O)NC2CCN(Cc3ccccc3)CC2)c1=O. The summed E-state index contributed by atoms with van der Waals surface area (Å²) in [6.45, 7) is 2.70. The van der Waals surface area contributed by atoms with E-state index in [4.69, 9.17) is 0 Å². The van der Waals surface area contributed by atoms with Crippen molar-refractivity contribution in [1.82, 2.24) is 20.0 Å². The zero-order valence-electron chi connectivity index (χ0n) is 20.4. The number of rotatable bonds is 6. The molecule has 6 nitrogen and oxygen atoms in total. The van der Waals surface area contributed by atoms with Crippen LogP contribution in [0.25, 0.3) is 22.4 Å². The second-order valence-electron chi connectivity index (χ2n) is 9.27. The molecule has 1 saturated heterocycles. The molecule has 2 heterocycles. The van der Waals surface area contributed by atoms with E-state index in [0.717, 1.165) is 43.6 Å². The van der Waals surface area contributed by atoms with Gasteiger partial charge in [0.1, 0.15) is 5.56 Å². The van der Waals surface area contributed by atoms with Crippen molar-refractivity contribution in [2.45, 2.75) is 25.4 Å². The normalized spacial score (nSPS) is 14.5. The van der Waals surface area contributed by atoms with Crippen molar-refractivity contribution < 1.29 is 4.79 Å². The molecule has 1 aliphatic rings. The number of likely N-dealkylation sites (tertiary alicyclic amines) is 1. The number of aromatic nitrogens is 2. The van der Waals surface area contributed by atoms with E-state index in [1.54, 1.807) is 7.05 Å². The topological polar surface area (TPSA) is 67.2 Å². The highest BCUT2D eigenvalue weighted by Gasteiger charge is 2.27. The Labute approximate surface area is 211 Å². The van der Waals surface area contributed by atoms with Crippen LogP contribution in [0.4, 0.5) is 0 Å². The number of hydrogen-bond donors (Lipinski definition) is 1. The number of carbonyl (C=O) groups is 1. The predicted octanol–water partition coefficient (Wildman–Crippen LogP) is 4.51. The molecule has 0 aliphatic carbocycles. The summed E-state index contributed by atoms with van der Waals surface area (Å²) in [5.74, 6) is -0.337. The molecular weight excluding hydrogens is 448 g/mol. The number of aryl methyl sites for hydroxylation is 1. The van der Waals surface area contributed by atoms with Crippen LogP contribution in [0.3, 0.4) is 0 Å². The van der Waals surface area contributed by atoms with E-state index in [-0.39, 0.29) is 17.5 Å². The lowest BCUT2D eigenvalue weighted by Crippen LogP contribution is -2.46. The Bertz CT molecular complexity index is 1380. The Morgan fingerprint density at radius 3 is 2.03 bits per heavy atom. The summed E-state index contributed by atoms with van der Waals surface area (Å²) in [5.41, 5.74) is 3.88. The number of carbonyl (C=O) groups excluding carboxylic acids is 1. The van der Waals surface area contributed by atoms with Gasteiger partial charge in [0, 0.05) is 43.9 Å². The Morgan fingerprint density at radius 2 is 1.42 bits per heavy atom. The molecule has 0 spiro atoms. The van der Waals surface area contributed by atoms with Gasteiger partial charge in [-0.05, 0) is 24.0 Å². The molecule has 6 heteroatoms. The predicted molar refractivity (Wildman–Crippen MR) is 143 cm³/mol. The van der Waals surface area contributed by atoms with Crippen molar-refractivity contribution >= 4 is 5.91 Å². The monoisotopic (exact) mass is 478 g/mol. The molecule has 1 amide bonds. The second-order valence-corrected chi connectivity index (χ2v) is 9.27. The Kier molecular flexibility index (Phi) is 7.05. The standard InChI is InChI=1S/C30H30N4O2/c1-33-30(36)27(26(23-13-7-3-8-14-23)28(32-33)24-15-9-4-10-16-24)29(35)31-25-17-19-34(20-18-25)21-22-11-5-2-6-12-22/h2-16,25H,17-21H2,1H3,(H,31,35). The third-order valence-corrected chi connectivity index (χ3v) is 6.75. The summed E-state index contributed by atoms with van der Waals surface area (Å²) in [6, 6.07) is 29.7. The number of hydrogen-bond acceptors (Lipinski definition) is 4. The quantitative estimate of drug-likeness (QED) is 0.443. The molecule has 0 bridgehead atoms. The van der Waals surface area contributed by atoms with Crippen LogP contribution in [0.2, 0.25) is 0 Å². The van der Waals surface area contributed by atoms with Crippen molar-refractivity contribution in [3.05, 3.63) is 112 Å². The smallest absolute Gasteiger partial charge is 0.280 e. The lowest BCUT2D eigenvalue weighted by molar-refractivity contribution is 0.0907. The van der Waals surface area contributed by atoms with Crippen LogP contribution in [-0.2, 0) is 13.6 Å². The number of nitrogens with zero attached hydrogens (tertiary/aromatic N) is 3. The Morgan fingerprint density at radius 1 is 0.861 bits per heavy atom. The summed E-state index contributed by atoms with van der Waals surface area (Å²) >= 11 is 0. The maximum Gasteiger partial charge on any atom is 0.280 e. The molecule has 1 N–H and O–H groups in total. The molecule has 1 aliphatic heterocycles. The van der Waals surface area contributed by atoms with Gasteiger partial charge in [-0.1, -0.05) is 91.0 Å². The Hall–Kier alpha value is -4.03. The van der Waals surface area contributed by atoms with Crippen LogP contribution in [-0.4, -0.2) is 39.7 Å². The molecule has 5 rings (SSSR count). The van der Waals surface area contributed by atoms with Gasteiger partial charge in [-0.3, -0.25) is 14.5 Å². The molecule has 0 radical (unpaired) electrons. The van der Waals surface area contributed by atoms with Gasteiger partial charge >= 0.3 is 0 Å². The van der Waals surface area contributed by atoms with E-state index in [2.05, 4.69) is 39.6 Å². The molecule has 1 aromatic heterocycles. The van der Waals surface area contributed by atoms with Crippen LogP contribution in [0.5, 0.6) is 0 Å². The zero-order valence-corrected chi connectivity index (χ0v) is 20.4. The average Bonchev–Trinajstić information content (AvgIpc) is 2.92. The molecule has 4 aromatic rings. The van der Waals surface area contributed by atoms with Crippen molar-refractivity contribution in [1.29, 1.82) is 0 Å². The van der Waals surface area contributed by atoms with Gasteiger partial charge in [0.2, 0.25) is 0 Å². The lowest BCUT2D eigenvalue weighted by Gasteiger charge is -2.32. The highest BCUT2D eigenvalue weighted by atomic mass is 16.2. The summed E-state index contributed by atoms with van der Waals surface area (Å²) in [6.07, 6.45) is 1.69. The highest BCUT2D eigenvalue weighted by Crippen LogP contribution is 2.32. The maximum absolute atomic E-state index is 13.7. The first-order chi connectivity index (χ1) is 17.6. The van der Waals surface area contributed by atoms with Crippen LogP contribution in [0.1, 0.15) is 28.8 Å². The fourth-order valence-corrected chi connectivity index (χ4v) is 4.86. The van der Waals surface area contributed by atoms with Crippen molar-refractivity contribution in [3.8, 4) is 22.4 Å². The third-order valence-electron chi connectivity index (χ3n) is 6.75. The van der Waals surface area contributed by atoms with Gasteiger partial charge in [-0.25, -0.2) is 4.68 Å². The van der Waals surface area contributed by atoms with Crippen LogP contribution >= 0.6 is 0 Å². The van der Waals surface area contributed by atoms with E-state index in [1.807, 2.05) is 66.7 Å². The minimum Gasteiger partial charge on any atom is -0.349 e. The van der Waals surface area contributed by atoms with E-state index in [9.17, 15) is 9.59 Å². The van der Waals surface area contributed by atoms with Gasteiger partial charge < -0.3 is 5.32 Å². The maximum atomic E-state index is 13.7. The van der Waals surface area contributed by atoms with Gasteiger partial charge in [0.05, 0.1) is 5.69 Å². The summed E-state index contributed by atoms with van der Waals surface area (Å²) in [4.78, 5) is 29.4. The minimum absolute atomic E-state index is 0.0196. The van der Waals surface area contributed by atoms with Crippen LogP contribution in [0.15, 0.2) is 95.8 Å². The number of piperidine rings is 1. The number of amides is 1. The molecule has 3 aromatic carbocycles. The summed E-state index contributed by atoms with van der Waals surface area (Å²) in [5, 5.41) is 7.75. The van der Waals surface area contributed by atoms with E-state index in [1.165, 1.54) is 10.2 Å². The first kappa shape index (κ1) is 23.7.